The van der Waals surface area contributed by atoms with Crippen LogP contribution in [-0.2, 0) is 9.59 Å². The van der Waals surface area contributed by atoms with Gasteiger partial charge in [0.15, 0.2) is 0 Å². The van der Waals surface area contributed by atoms with E-state index in [1.807, 2.05) is 6.92 Å². The maximum absolute atomic E-state index is 11.9. The van der Waals surface area contributed by atoms with Crippen molar-refractivity contribution in [2.24, 2.45) is 0 Å². The fourth-order valence-electron chi connectivity index (χ4n) is 2.38. The van der Waals surface area contributed by atoms with Gasteiger partial charge in [-0.15, -0.1) is 0 Å². The van der Waals surface area contributed by atoms with Crippen LogP contribution in [0.5, 0.6) is 0 Å². The highest BCUT2D eigenvalue weighted by Gasteiger charge is 2.17. The van der Waals surface area contributed by atoms with E-state index in [-0.39, 0.29) is 18.4 Å². The van der Waals surface area contributed by atoms with Crippen LogP contribution in [0.3, 0.4) is 0 Å². The van der Waals surface area contributed by atoms with Gasteiger partial charge in [0.25, 0.3) is 0 Å². The fourth-order valence-corrected chi connectivity index (χ4v) is 2.56. The quantitative estimate of drug-likeness (QED) is 0.839. The van der Waals surface area contributed by atoms with Gasteiger partial charge < -0.3 is 15.5 Å². The number of carbonyl (C=O) groups excluding carboxylic acids is 2. The lowest BCUT2D eigenvalue weighted by molar-refractivity contribution is -0.125. The molecule has 0 atom stereocenters. The molecule has 2 N–H and O–H groups in total. The van der Waals surface area contributed by atoms with E-state index >= 15 is 0 Å². The zero-order valence-electron chi connectivity index (χ0n) is 13.6. The number of piperazine rings is 1. The second-order valence-electron chi connectivity index (χ2n) is 5.82. The van der Waals surface area contributed by atoms with Crippen molar-refractivity contribution in [2.45, 2.75) is 6.92 Å². The third-order valence-electron chi connectivity index (χ3n) is 3.95. The molecule has 0 bridgehead atoms. The highest BCUT2D eigenvalue weighted by Crippen LogP contribution is 2.22. The van der Waals surface area contributed by atoms with E-state index in [0.29, 0.717) is 17.3 Å². The fraction of sp³-hybridized carbons (Fsp3) is 0.500. The number of anilines is 1. The minimum Gasteiger partial charge on any atom is -0.346 e. The lowest BCUT2D eigenvalue weighted by atomic mass is 10.2. The lowest BCUT2D eigenvalue weighted by Gasteiger charge is -2.31. The van der Waals surface area contributed by atoms with Gasteiger partial charge in [-0.25, -0.2) is 0 Å². The molecule has 1 aliphatic heterocycles. The van der Waals surface area contributed by atoms with Crippen molar-refractivity contribution in [3.63, 3.8) is 0 Å². The van der Waals surface area contributed by atoms with E-state index in [1.165, 1.54) is 0 Å². The minimum absolute atomic E-state index is 0.0431. The highest BCUT2D eigenvalue weighted by molar-refractivity contribution is 6.31. The van der Waals surface area contributed by atoms with Gasteiger partial charge >= 0.3 is 0 Å². The summed E-state index contributed by atoms with van der Waals surface area (Å²) >= 11 is 6.01. The predicted molar refractivity (Wildman–Crippen MR) is 91.8 cm³/mol. The zero-order valence-corrected chi connectivity index (χ0v) is 14.3. The SMILES string of the molecule is Cc1c(Cl)cccc1NC(=O)CNC(=O)CN1CCN(C)CC1. The van der Waals surface area contributed by atoms with E-state index in [4.69, 9.17) is 11.6 Å². The summed E-state index contributed by atoms with van der Waals surface area (Å²) in [5, 5.41) is 6.01. The maximum Gasteiger partial charge on any atom is 0.243 e. The molecule has 2 rings (SSSR count). The summed E-state index contributed by atoms with van der Waals surface area (Å²) in [6.07, 6.45) is 0. The minimum atomic E-state index is -0.262. The normalized spacial score (nSPS) is 16.1. The number of nitrogens with zero attached hydrogens (tertiary/aromatic N) is 2. The first-order chi connectivity index (χ1) is 11.0. The molecule has 1 aromatic rings. The van der Waals surface area contributed by atoms with Crippen molar-refractivity contribution in [1.29, 1.82) is 0 Å². The Labute approximate surface area is 141 Å². The number of likely N-dealkylation sites (N-methyl/N-ethyl adjacent to an activating group) is 1. The van der Waals surface area contributed by atoms with Gasteiger partial charge in [-0.05, 0) is 31.7 Å². The van der Waals surface area contributed by atoms with E-state index in [9.17, 15) is 9.59 Å². The number of benzene rings is 1. The number of nitrogens with one attached hydrogen (secondary N) is 2. The van der Waals surface area contributed by atoms with Crippen molar-refractivity contribution < 1.29 is 9.59 Å². The molecular formula is C16H23ClN4O2. The zero-order chi connectivity index (χ0) is 16.8. The van der Waals surface area contributed by atoms with Gasteiger partial charge in [-0.3, -0.25) is 14.5 Å². The summed E-state index contributed by atoms with van der Waals surface area (Å²) in [6, 6.07) is 5.33. The molecule has 1 heterocycles. The first-order valence-electron chi connectivity index (χ1n) is 7.68. The number of amides is 2. The van der Waals surface area contributed by atoms with Crippen LogP contribution >= 0.6 is 11.6 Å². The van der Waals surface area contributed by atoms with Crippen LogP contribution in [0.25, 0.3) is 0 Å². The molecule has 0 spiro atoms. The molecule has 2 amide bonds. The Morgan fingerprint density at radius 2 is 1.87 bits per heavy atom. The van der Waals surface area contributed by atoms with Crippen LogP contribution in [0.1, 0.15) is 5.56 Å². The lowest BCUT2D eigenvalue weighted by Crippen LogP contribution is -2.48. The molecule has 0 radical (unpaired) electrons. The molecule has 0 saturated carbocycles. The highest BCUT2D eigenvalue weighted by atomic mass is 35.5. The summed E-state index contributed by atoms with van der Waals surface area (Å²) < 4.78 is 0. The molecule has 6 nitrogen and oxygen atoms in total. The number of hydrogen-bond donors (Lipinski definition) is 2. The van der Waals surface area contributed by atoms with Gasteiger partial charge in [0.1, 0.15) is 0 Å². The molecule has 126 valence electrons. The molecular weight excluding hydrogens is 316 g/mol. The average molecular weight is 339 g/mol. The number of rotatable bonds is 5. The Hall–Kier alpha value is -1.63. The van der Waals surface area contributed by atoms with Crippen molar-refractivity contribution in [3.05, 3.63) is 28.8 Å². The largest absolute Gasteiger partial charge is 0.346 e. The van der Waals surface area contributed by atoms with Crippen molar-refractivity contribution >= 4 is 29.1 Å². The smallest absolute Gasteiger partial charge is 0.243 e. The predicted octanol–water partition coefficient (Wildman–Crippen LogP) is 0.951. The van der Waals surface area contributed by atoms with Gasteiger partial charge in [-0.1, -0.05) is 17.7 Å². The summed E-state index contributed by atoms with van der Waals surface area (Å²) in [5.41, 5.74) is 1.47. The average Bonchev–Trinajstić information content (AvgIpc) is 2.52. The van der Waals surface area contributed by atoms with Crippen LogP contribution in [0, 0.1) is 6.92 Å². The van der Waals surface area contributed by atoms with Crippen molar-refractivity contribution in [1.82, 2.24) is 15.1 Å². The Bertz CT molecular complexity index is 571. The van der Waals surface area contributed by atoms with E-state index in [2.05, 4.69) is 27.5 Å². The number of halogens is 1. The van der Waals surface area contributed by atoms with E-state index < -0.39 is 0 Å². The van der Waals surface area contributed by atoms with Gasteiger partial charge in [0.2, 0.25) is 11.8 Å². The van der Waals surface area contributed by atoms with Crippen LogP contribution in [0.2, 0.25) is 5.02 Å². The second-order valence-corrected chi connectivity index (χ2v) is 6.22. The van der Waals surface area contributed by atoms with E-state index in [0.717, 1.165) is 31.7 Å². The van der Waals surface area contributed by atoms with Crippen LogP contribution in [0.15, 0.2) is 18.2 Å². The topological polar surface area (TPSA) is 64.7 Å². The summed E-state index contributed by atoms with van der Waals surface area (Å²) in [5.74, 6) is -0.394. The molecule has 1 aliphatic rings. The molecule has 0 aliphatic carbocycles. The third kappa shape index (κ3) is 5.49. The standard InChI is InChI=1S/C16H23ClN4O2/c1-12-13(17)4-3-5-14(12)19-15(22)10-18-16(23)11-21-8-6-20(2)7-9-21/h3-5H,6-11H2,1-2H3,(H,18,23)(H,19,22). The molecule has 23 heavy (non-hydrogen) atoms. The van der Waals surface area contributed by atoms with Crippen molar-refractivity contribution in [2.75, 3.05) is 51.6 Å². The van der Waals surface area contributed by atoms with Gasteiger partial charge in [-0.2, -0.15) is 0 Å². The molecule has 1 aromatic carbocycles. The monoisotopic (exact) mass is 338 g/mol. The Balaban J connectivity index is 1.73. The third-order valence-corrected chi connectivity index (χ3v) is 4.36. The van der Waals surface area contributed by atoms with E-state index in [1.54, 1.807) is 18.2 Å². The first-order valence-corrected chi connectivity index (χ1v) is 8.06. The molecule has 0 unspecified atom stereocenters. The Morgan fingerprint density at radius 1 is 1.17 bits per heavy atom. The molecule has 0 aromatic heterocycles. The van der Waals surface area contributed by atoms with Crippen LogP contribution in [0.4, 0.5) is 5.69 Å². The Kier molecular flexibility index (Phi) is 6.38. The van der Waals surface area contributed by atoms with Crippen molar-refractivity contribution in [3.8, 4) is 0 Å². The first kappa shape index (κ1) is 17.7. The van der Waals surface area contributed by atoms with Crippen LogP contribution in [-0.4, -0.2) is 67.9 Å². The van der Waals surface area contributed by atoms with Gasteiger partial charge in [0.05, 0.1) is 13.1 Å². The summed E-state index contributed by atoms with van der Waals surface area (Å²) in [4.78, 5) is 28.2. The number of carbonyl (C=O) groups is 2. The number of hydrogen-bond acceptors (Lipinski definition) is 4. The summed E-state index contributed by atoms with van der Waals surface area (Å²) in [6.45, 7) is 5.79. The second kappa shape index (κ2) is 8.29. The Morgan fingerprint density at radius 3 is 2.57 bits per heavy atom. The molecule has 1 fully saturated rings. The molecule has 1 saturated heterocycles. The van der Waals surface area contributed by atoms with Crippen LogP contribution < -0.4 is 10.6 Å². The van der Waals surface area contributed by atoms with Gasteiger partial charge in [0, 0.05) is 36.9 Å². The summed E-state index contributed by atoms with van der Waals surface area (Å²) in [7, 11) is 2.07. The maximum atomic E-state index is 11.9. The molecule has 7 heteroatoms.